The van der Waals surface area contributed by atoms with Crippen LogP contribution >= 0.6 is 31.9 Å². The molecule has 0 amide bonds. The van der Waals surface area contributed by atoms with E-state index in [0.29, 0.717) is 15.4 Å². The normalized spacial score (nSPS) is 9.83. The molecule has 0 spiro atoms. The summed E-state index contributed by atoms with van der Waals surface area (Å²) in [5.74, 6) is -0.110. The van der Waals surface area contributed by atoms with Crippen LogP contribution in [0.25, 0.3) is 0 Å². The number of halogens is 2. The standard InChI is InChI=1S/C6H4Br2N2O2/c7-3-4-5(8)1-2-9-6(4)10(11)12/h1-2H,3H2. The Morgan fingerprint density at radius 1 is 1.67 bits per heavy atom. The van der Waals surface area contributed by atoms with Gasteiger partial charge in [0.05, 0.1) is 5.56 Å². The molecule has 0 radical (unpaired) electrons. The first-order valence-corrected chi connectivity index (χ1v) is 4.92. The Balaban J connectivity index is 3.27. The van der Waals surface area contributed by atoms with Gasteiger partial charge >= 0.3 is 5.82 Å². The summed E-state index contributed by atoms with van der Waals surface area (Å²) in [6.07, 6.45) is 1.40. The van der Waals surface area contributed by atoms with Crippen LogP contribution in [-0.2, 0) is 5.33 Å². The molecular weight excluding hydrogens is 292 g/mol. The van der Waals surface area contributed by atoms with Crippen LogP contribution in [0.3, 0.4) is 0 Å². The zero-order chi connectivity index (χ0) is 9.14. The van der Waals surface area contributed by atoms with E-state index in [2.05, 4.69) is 36.8 Å². The molecule has 1 heterocycles. The summed E-state index contributed by atoms with van der Waals surface area (Å²) in [6.45, 7) is 0. The van der Waals surface area contributed by atoms with Crippen LogP contribution in [0.4, 0.5) is 5.82 Å². The Morgan fingerprint density at radius 3 is 2.75 bits per heavy atom. The van der Waals surface area contributed by atoms with Crippen molar-refractivity contribution < 1.29 is 4.92 Å². The van der Waals surface area contributed by atoms with Gasteiger partial charge in [-0.25, -0.2) is 0 Å². The zero-order valence-corrected chi connectivity index (χ0v) is 9.00. The van der Waals surface area contributed by atoms with Gasteiger partial charge in [-0.3, -0.25) is 0 Å². The molecule has 0 atom stereocenters. The summed E-state index contributed by atoms with van der Waals surface area (Å²) in [6, 6.07) is 1.67. The molecule has 0 bridgehead atoms. The van der Waals surface area contributed by atoms with Gasteiger partial charge < -0.3 is 10.1 Å². The molecule has 64 valence electrons. The summed E-state index contributed by atoms with van der Waals surface area (Å²) in [5.41, 5.74) is 0.558. The molecule has 0 saturated carbocycles. The quantitative estimate of drug-likeness (QED) is 0.479. The maximum Gasteiger partial charge on any atom is 0.368 e. The molecule has 0 saturated heterocycles. The van der Waals surface area contributed by atoms with Gasteiger partial charge in [0.1, 0.15) is 6.20 Å². The minimum Gasteiger partial charge on any atom is -0.358 e. The monoisotopic (exact) mass is 294 g/mol. The topological polar surface area (TPSA) is 56.0 Å². The van der Waals surface area contributed by atoms with Gasteiger partial charge in [-0.2, -0.15) is 0 Å². The van der Waals surface area contributed by atoms with E-state index in [1.54, 1.807) is 6.07 Å². The first-order valence-electron chi connectivity index (χ1n) is 3.00. The van der Waals surface area contributed by atoms with Gasteiger partial charge in [0.25, 0.3) is 0 Å². The molecule has 0 aliphatic heterocycles. The van der Waals surface area contributed by atoms with Gasteiger partial charge in [-0.1, -0.05) is 31.9 Å². The molecule has 1 aromatic heterocycles. The largest absolute Gasteiger partial charge is 0.368 e. The SMILES string of the molecule is O=[N+]([O-])c1nccc(Br)c1CBr. The number of hydrogen-bond donors (Lipinski definition) is 0. The summed E-state index contributed by atoms with van der Waals surface area (Å²) in [5, 5.41) is 10.8. The molecule has 0 aliphatic rings. The van der Waals surface area contributed by atoms with E-state index >= 15 is 0 Å². The number of aromatic nitrogens is 1. The van der Waals surface area contributed by atoms with Crippen molar-refractivity contribution in [1.82, 2.24) is 4.98 Å². The molecule has 0 N–H and O–H groups in total. The lowest BCUT2D eigenvalue weighted by Crippen LogP contribution is -1.97. The number of hydrogen-bond acceptors (Lipinski definition) is 3. The van der Waals surface area contributed by atoms with Gasteiger partial charge in [0, 0.05) is 9.80 Å². The van der Waals surface area contributed by atoms with Crippen LogP contribution in [0.1, 0.15) is 5.56 Å². The molecule has 4 nitrogen and oxygen atoms in total. The van der Waals surface area contributed by atoms with Crippen LogP contribution in [0.15, 0.2) is 16.7 Å². The lowest BCUT2D eigenvalue weighted by atomic mass is 10.3. The molecule has 12 heavy (non-hydrogen) atoms. The molecule has 1 rings (SSSR count). The van der Waals surface area contributed by atoms with E-state index < -0.39 is 4.92 Å². The first-order chi connectivity index (χ1) is 5.66. The number of nitro groups is 1. The van der Waals surface area contributed by atoms with Crippen molar-refractivity contribution in [3.63, 3.8) is 0 Å². The highest BCUT2D eigenvalue weighted by atomic mass is 79.9. The van der Waals surface area contributed by atoms with E-state index in [1.165, 1.54) is 6.20 Å². The zero-order valence-electron chi connectivity index (χ0n) is 5.83. The lowest BCUT2D eigenvalue weighted by molar-refractivity contribution is -0.390. The summed E-state index contributed by atoms with van der Waals surface area (Å²) in [7, 11) is 0. The van der Waals surface area contributed by atoms with E-state index in [0.717, 1.165) is 0 Å². The van der Waals surface area contributed by atoms with Crippen LogP contribution in [0, 0.1) is 10.1 Å². The number of alkyl halides is 1. The molecule has 1 aromatic rings. The second kappa shape index (κ2) is 3.95. The number of pyridine rings is 1. The van der Waals surface area contributed by atoms with Crippen molar-refractivity contribution >= 4 is 37.7 Å². The second-order valence-electron chi connectivity index (χ2n) is 1.99. The van der Waals surface area contributed by atoms with Crippen LogP contribution in [-0.4, -0.2) is 9.91 Å². The smallest absolute Gasteiger partial charge is 0.358 e. The average Bonchev–Trinajstić information content (AvgIpc) is 2.03. The van der Waals surface area contributed by atoms with Gasteiger partial charge in [-0.15, -0.1) is 0 Å². The lowest BCUT2D eigenvalue weighted by Gasteiger charge is -1.99. The van der Waals surface area contributed by atoms with Crippen molar-refractivity contribution in [3.8, 4) is 0 Å². The Morgan fingerprint density at radius 2 is 2.33 bits per heavy atom. The van der Waals surface area contributed by atoms with Gasteiger partial charge in [-0.05, 0) is 16.0 Å². The third-order valence-corrected chi connectivity index (χ3v) is 2.59. The maximum absolute atomic E-state index is 10.4. The fourth-order valence-electron chi connectivity index (χ4n) is 0.740. The van der Waals surface area contributed by atoms with Crippen molar-refractivity contribution in [2.75, 3.05) is 0 Å². The number of nitrogens with zero attached hydrogens (tertiary/aromatic N) is 2. The van der Waals surface area contributed by atoms with Crippen molar-refractivity contribution in [3.05, 3.63) is 32.4 Å². The molecule has 0 aromatic carbocycles. The van der Waals surface area contributed by atoms with Crippen LogP contribution < -0.4 is 0 Å². The minimum absolute atomic E-state index is 0.110. The van der Waals surface area contributed by atoms with Gasteiger partial charge in [0.15, 0.2) is 0 Å². The highest BCUT2D eigenvalue weighted by molar-refractivity contribution is 9.10. The predicted octanol–water partition coefficient (Wildman–Crippen LogP) is 2.65. The summed E-state index contributed by atoms with van der Waals surface area (Å²) in [4.78, 5) is 13.6. The molecule has 0 unspecified atom stereocenters. The highest BCUT2D eigenvalue weighted by Gasteiger charge is 2.16. The van der Waals surface area contributed by atoms with Crippen molar-refractivity contribution in [1.29, 1.82) is 0 Å². The average molecular weight is 296 g/mol. The predicted molar refractivity (Wildman–Crippen MR) is 51.2 cm³/mol. The Bertz CT molecular complexity index is 316. The third-order valence-electron chi connectivity index (χ3n) is 1.28. The summed E-state index contributed by atoms with van der Waals surface area (Å²) >= 11 is 6.35. The third kappa shape index (κ3) is 1.81. The van der Waals surface area contributed by atoms with E-state index in [1.807, 2.05) is 0 Å². The molecular formula is C6H4Br2N2O2. The fraction of sp³-hybridized carbons (Fsp3) is 0.167. The fourth-order valence-corrected chi connectivity index (χ4v) is 2.10. The molecule has 6 heteroatoms. The van der Waals surface area contributed by atoms with Gasteiger partial charge in [0.2, 0.25) is 0 Å². The Labute approximate surface area is 85.4 Å². The summed E-state index contributed by atoms with van der Waals surface area (Å²) < 4.78 is 0.695. The number of rotatable bonds is 2. The maximum atomic E-state index is 10.4. The van der Waals surface area contributed by atoms with Crippen LogP contribution in [0.5, 0.6) is 0 Å². The Kier molecular flexibility index (Phi) is 3.16. The van der Waals surface area contributed by atoms with Crippen LogP contribution in [0.2, 0.25) is 0 Å². The van der Waals surface area contributed by atoms with E-state index in [-0.39, 0.29) is 5.82 Å². The van der Waals surface area contributed by atoms with E-state index in [4.69, 9.17) is 0 Å². The molecule has 0 aliphatic carbocycles. The Hall–Kier alpha value is -0.490. The molecule has 0 fully saturated rings. The first kappa shape index (κ1) is 9.60. The van der Waals surface area contributed by atoms with Crippen molar-refractivity contribution in [2.24, 2.45) is 0 Å². The minimum atomic E-state index is -0.499. The van der Waals surface area contributed by atoms with Crippen molar-refractivity contribution in [2.45, 2.75) is 5.33 Å². The van der Waals surface area contributed by atoms with E-state index in [9.17, 15) is 10.1 Å². The second-order valence-corrected chi connectivity index (χ2v) is 3.40. The highest BCUT2D eigenvalue weighted by Crippen LogP contribution is 2.25.